The lowest BCUT2D eigenvalue weighted by Crippen LogP contribution is -2.99. The molecule has 0 amide bonds. The number of phenolic OH excluding ortho intramolecular Hbond substituents is 1. The van der Waals surface area contributed by atoms with Gasteiger partial charge in [-0.25, -0.2) is 10.0 Å². The van der Waals surface area contributed by atoms with Crippen LogP contribution in [0.4, 0.5) is 5.69 Å². The molecule has 0 radical (unpaired) electrons. The largest absolute Gasteiger partial charge is 0.595 e. The van der Waals surface area contributed by atoms with E-state index in [0.29, 0.717) is 17.1 Å². The van der Waals surface area contributed by atoms with E-state index in [4.69, 9.17) is 19.5 Å². The molecule has 0 saturated heterocycles. The van der Waals surface area contributed by atoms with Gasteiger partial charge in [0.05, 0.1) is 19.8 Å². The number of carbonyl (C=O) groups is 1. The van der Waals surface area contributed by atoms with E-state index in [9.17, 15) is 15.1 Å². The molecule has 3 rings (SSSR count). The Bertz CT molecular complexity index is 951. The fourth-order valence-corrected chi connectivity index (χ4v) is 2.61. The van der Waals surface area contributed by atoms with Gasteiger partial charge in [0.1, 0.15) is 5.71 Å². The summed E-state index contributed by atoms with van der Waals surface area (Å²) in [5.74, 6) is -0.236. The predicted molar refractivity (Wildman–Crippen MR) is 94.0 cm³/mol. The molecule has 140 valence electrons. The van der Waals surface area contributed by atoms with Crippen LogP contribution in [0, 0.1) is 5.21 Å². The summed E-state index contributed by atoms with van der Waals surface area (Å²) in [5, 5.41) is 33.0. The van der Waals surface area contributed by atoms with Gasteiger partial charge in [-0.15, -0.1) is 0 Å². The van der Waals surface area contributed by atoms with Crippen molar-refractivity contribution in [1.82, 2.24) is 0 Å². The van der Waals surface area contributed by atoms with Gasteiger partial charge in [-0.05, 0) is 24.3 Å². The maximum absolute atomic E-state index is 12.1. The molecule has 9 heteroatoms. The number of quaternary nitrogens is 1. The van der Waals surface area contributed by atoms with Crippen molar-refractivity contribution < 1.29 is 34.6 Å². The first-order valence-corrected chi connectivity index (χ1v) is 7.75. The second kappa shape index (κ2) is 7.46. The maximum atomic E-state index is 12.1. The van der Waals surface area contributed by atoms with Gasteiger partial charge in [-0.1, -0.05) is 17.3 Å². The summed E-state index contributed by atoms with van der Waals surface area (Å²) in [6, 6.07) is 9.15. The molecule has 0 saturated carbocycles. The molecule has 1 atom stereocenters. The highest BCUT2D eigenvalue weighted by atomic mass is 16.8. The second-order valence-electron chi connectivity index (χ2n) is 5.49. The van der Waals surface area contributed by atoms with Gasteiger partial charge in [-0.2, -0.15) is 5.23 Å². The second-order valence-corrected chi connectivity index (χ2v) is 5.49. The van der Waals surface area contributed by atoms with Crippen LogP contribution in [0.1, 0.15) is 11.1 Å². The van der Waals surface area contributed by atoms with Crippen LogP contribution >= 0.6 is 0 Å². The van der Waals surface area contributed by atoms with Gasteiger partial charge in [-0.3, -0.25) is 0 Å². The van der Waals surface area contributed by atoms with Crippen LogP contribution in [-0.2, 0) is 9.63 Å². The van der Waals surface area contributed by atoms with E-state index in [2.05, 4.69) is 5.16 Å². The van der Waals surface area contributed by atoms with Gasteiger partial charge in [0.25, 0.3) is 0 Å². The first kappa shape index (κ1) is 18.4. The summed E-state index contributed by atoms with van der Waals surface area (Å²) in [5.41, 5.74) is 0.692. The molecule has 0 aliphatic carbocycles. The third kappa shape index (κ3) is 3.47. The number of oxime groups is 1. The Morgan fingerprint density at radius 1 is 1.19 bits per heavy atom. The fourth-order valence-electron chi connectivity index (χ4n) is 2.61. The molecular formula is C18H16N2O7. The number of rotatable bonds is 5. The Labute approximate surface area is 153 Å². The van der Waals surface area contributed by atoms with Crippen molar-refractivity contribution in [3.63, 3.8) is 0 Å². The number of ether oxygens (including phenoxy) is 2. The first-order valence-electron chi connectivity index (χ1n) is 7.75. The normalized spacial score (nSPS) is 16.1. The average Bonchev–Trinajstić information content (AvgIpc) is 3.03. The van der Waals surface area contributed by atoms with Gasteiger partial charge < -0.3 is 24.6 Å². The number of carbonyl (C=O) groups excluding carboxylic acids is 1. The summed E-state index contributed by atoms with van der Waals surface area (Å²) in [6.07, 6.45) is 1.33. The van der Waals surface area contributed by atoms with Crippen molar-refractivity contribution in [2.75, 3.05) is 14.2 Å². The van der Waals surface area contributed by atoms with E-state index < -0.39 is 16.9 Å². The Balaban J connectivity index is 2.06. The minimum atomic E-state index is -1.28. The molecule has 0 bridgehead atoms. The molecule has 1 heterocycles. The third-order valence-electron chi connectivity index (χ3n) is 3.95. The van der Waals surface area contributed by atoms with Gasteiger partial charge in [0.15, 0.2) is 17.2 Å². The van der Waals surface area contributed by atoms with E-state index in [1.165, 1.54) is 38.5 Å². The quantitative estimate of drug-likeness (QED) is 0.311. The van der Waals surface area contributed by atoms with E-state index in [0.717, 1.165) is 0 Å². The Hall–Kier alpha value is -3.40. The molecule has 0 spiro atoms. The zero-order valence-corrected chi connectivity index (χ0v) is 14.4. The number of nitrogens with one attached hydrogen (secondary N) is 1. The molecule has 0 fully saturated rings. The highest BCUT2D eigenvalue weighted by molar-refractivity contribution is 6.31. The molecular weight excluding hydrogens is 356 g/mol. The van der Waals surface area contributed by atoms with E-state index in [1.807, 2.05) is 0 Å². The van der Waals surface area contributed by atoms with E-state index in [1.54, 1.807) is 18.2 Å². The zero-order chi connectivity index (χ0) is 19.6. The molecule has 3 N–H and O–H groups in total. The highest BCUT2D eigenvalue weighted by Crippen LogP contribution is 2.32. The lowest BCUT2D eigenvalue weighted by molar-refractivity contribution is -0.991. The molecule has 2 aromatic rings. The van der Waals surface area contributed by atoms with Crippen LogP contribution in [0.2, 0.25) is 0 Å². The zero-order valence-electron chi connectivity index (χ0n) is 14.4. The number of hydrogen-bond acceptors (Lipinski definition) is 8. The minimum Gasteiger partial charge on any atom is -0.595 e. The highest BCUT2D eigenvalue weighted by Gasteiger charge is 2.28. The lowest BCUT2D eigenvalue weighted by atomic mass is 9.99. The smallest absolute Gasteiger partial charge is 0.368 e. The summed E-state index contributed by atoms with van der Waals surface area (Å²) in [6.45, 7) is 0. The lowest BCUT2D eigenvalue weighted by Gasteiger charge is -2.14. The number of methoxy groups -OCH3 is 2. The monoisotopic (exact) mass is 372 g/mol. The van der Waals surface area contributed by atoms with E-state index >= 15 is 0 Å². The molecule has 27 heavy (non-hydrogen) atoms. The maximum Gasteiger partial charge on any atom is 0.368 e. The standard InChI is InChI=1S/C18H16N2O7/c1-25-14-7-6-10(9-15(14)26-2)16-12(18(22)27-19-16)8-11-4-3-5-13(17(11)21)20(23)24/h3-9,20-21,23H,1-2H3. The van der Waals surface area contributed by atoms with Gasteiger partial charge in [0.2, 0.25) is 5.69 Å². The summed E-state index contributed by atoms with van der Waals surface area (Å²) < 4.78 is 10.4. The SMILES string of the molecule is COc1ccc(C2=NOC(=O)C2=Cc2cccc([NH+]([O-])O)c2O)cc1OC. The van der Waals surface area contributed by atoms with Crippen LogP contribution in [-0.4, -0.2) is 36.2 Å². The number of hydrogen-bond donors (Lipinski definition) is 3. The Morgan fingerprint density at radius 3 is 2.59 bits per heavy atom. The van der Waals surface area contributed by atoms with Crippen LogP contribution in [0.5, 0.6) is 17.2 Å². The van der Waals surface area contributed by atoms with E-state index in [-0.39, 0.29) is 22.5 Å². The molecule has 1 aliphatic rings. The molecule has 2 aromatic carbocycles. The topological polar surface area (TPSA) is 125 Å². The van der Waals surface area contributed by atoms with Crippen molar-refractivity contribution in [3.8, 4) is 17.2 Å². The number of phenols is 1. The molecule has 1 aliphatic heterocycles. The fraction of sp³-hybridized carbons (Fsp3) is 0.111. The third-order valence-corrected chi connectivity index (χ3v) is 3.95. The molecule has 0 aromatic heterocycles. The van der Waals surface area contributed by atoms with Crippen LogP contribution in [0.15, 0.2) is 47.1 Å². The molecule has 1 unspecified atom stereocenters. The van der Waals surface area contributed by atoms with Crippen molar-refractivity contribution in [2.45, 2.75) is 0 Å². The van der Waals surface area contributed by atoms with Crippen molar-refractivity contribution >= 4 is 23.4 Å². The van der Waals surface area contributed by atoms with Crippen LogP contribution in [0.3, 0.4) is 0 Å². The van der Waals surface area contributed by atoms with Crippen molar-refractivity contribution in [3.05, 3.63) is 58.3 Å². The van der Waals surface area contributed by atoms with Gasteiger partial charge >= 0.3 is 5.97 Å². The Kier molecular flexibility index (Phi) is 5.08. The summed E-state index contributed by atoms with van der Waals surface area (Å²) in [7, 11) is 2.98. The van der Waals surface area contributed by atoms with Crippen molar-refractivity contribution in [1.29, 1.82) is 0 Å². The summed E-state index contributed by atoms with van der Waals surface area (Å²) in [4.78, 5) is 16.9. The number of nitrogens with zero attached hydrogens (tertiary/aromatic N) is 1. The minimum absolute atomic E-state index is 0.0695. The van der Waals surface area contributed by atoms with Crippen LogP contribution in [0.25, 0.3) is 6.08 Å². The number of aromatic hydroxyl groups is 1. The van der Waals surface area contributed by atoms with Gasteiger partial charge in [0, 0.05) is 17.2 Å². The Morgan fingerprint density at radius 2 is 1.93 bits per heavy atom. The first-order chi connectivity index (χ1) is 13.0. The van der Waals surface area contributed by atoms with Crippen LogP contribution < -0.4 is 14.7 Å². The number of benzene rings is 2. The summed E-state index contributed by atoms with van der Waals surface area (Å²) >= 11 is 0. The van der Waals surface area contributed by atoms with Crippen molar-refractivity contribution in [2.24, 2.45) is 5.16 Å². The average molecular weight is 372 g/mol. The number of para-hydroxylation sites is 1. The molecule has 9 nitrogen and oxygen atoms in total. The predicted octanol–water partition coefficient (Wildman–Crippen LogP) is 1.16.